The van der Waals surface area contributed by atoms with Crippen LogP contribution < -0.4 is 5.32 Å². The molecule has 0 saturated carbocycles. The molecule has 7 heteroatoms. The van der Waals surface area contributed by atoms with Gasteiger partial charge in [0.25, 0.3) is 5.91 Å². The predicted molar refractivity (Wildman–Crippen MR) is 102 cm³/mol. The van der Waals surface area contributed by atoms with Crippen LogP contribution in [0, 0.1) is 0 Å². The quantitative estimate of drug-likeness (QED) is 0.823. The minimum atomic E-state index is -1.05. The number of hydrogen-bond donors (Lipinski definition) is 2. The molecule has 1 heterocycles. The summed E-state index contributed by atoms with van der Waals surface area (Å²) in [5.41, 5.74) is 1.46. The number of halogens is 1. The van der Waals surface area contributed by atoms with Gasteiger partial charge in [0.2, 0.25) is 5.91 Å². The molecule has 2 amide bonds. The second-order valence-electron chi connectivity index (χ2n) is 6.42. The van der Waals surface area contributed by atoms with Gasteiger partial charge in [0.15, 0.2) is 0 Å². The van der Waals surface area contributed by atoms with Crippen LogP contribution in [-0.2, 0) is 11.2 Å². The molecule has 2 N–H and O–H groups in total. The van der Waals surface area contributed by atoms with Crippen molar-refractivity contribution in [2.24, 2.45) is 0 Å². The van der Waals surface area contributed by atoms with Crippen molar-refractivity contribution in [3.05, 3.63) is 64.2 Å². The Morgan fingerprint density at radius 3 is 2.52 bits per heavy atom. The third-order valence-electron chi connectivity index (χ3n) is 4.42. The molecule has 27 heavy (non-hydrogen) atoms. The Morgan fingerprint density at radius 1 is 1.07 bits per heavy atom. The van der Waals surface area contributed by atoms with Crippen LogP contribution in [0.3, 0.4) is 0 Å². The summed E-state index contributed by atoms with van der Waals surface area (Å²) in [5.74, 6) is -1.54. The van der Waals surface area contributed by atoms with Gasteiger partial charge < -0.3 is 15.3 Å². The maximum atomic E-state index is 12.7. The molecule has 1 aliphatic heterocycles. The number of benzene rings is 2. The fraction of sp³-hybridized carbons (Fsp3) is 0.250. The zero-order chi connectivity index (χ0) is 19.4. The van der Waals surface area contributed by atoms with E-state index in [1.165, 1.54) is 12.1 Å². The number of nitrogens with zero attached hydrogens (tertiary/aromatic N) is 1. The first-order valence-corrected chi connectivity index (χ1v) is 9.03. The van der Waals surface area contributed by atoms with E-state index < -0.39 is 5.97 Å². The Bertz CT molecular complexity index is 891. The van der Waals surface area contributed by atoms with Crippen LogP contribution in [0.25, 0.3) is 0 Å². The molecule has 0 unspecified atom stereocenters. The topological polar surface area (TPSA) is 86.7 Å². The summed E-state index contributed by atoms with van der Waals surface area (Å²) in [5, 5.41) is 12.2. The Labute approximate surface area is 161 Å². The Hall–Kier alpha value is -2.86. The maximum absolute atomic E-state index is 12.7. The molecular formula is C20H19ClN2O4. The lowest BCUT2D eigenvalue weighted by atomic mass is 10.1. The number of carbonyl (C=O) groups excluding carboxylic acids is 2. The number of likely N-dealkylation sites (tertiary alicyclic amines) is 1. The first-order chi connectivity index (χ1) is 12.9. The van der Waals surface area contributed by atoms with Crippen LogP contribution in [0.15, 0.2) is 42.5 Å². The molecule has 140 valence electrons. The summed E-state index contributed by atoms with van der Waals surface area (Å²) >= 11 is 6.04. The lowest BCUT2D eigenvalue weighted by molar-refractivity contribution is -0.115. The van der Waals surface area contributed by atoms with Crippen LogP contribution in [-0.4, -0.2) is 40.9 Å². The van der Waals surface area contributed by atoms with Gasteiger partial charge in [0, 0.05) is 18.1 Å². The summed E-state index contributed by atoms with van der Waals surface area (Å²) < 4.78 is 0. The molecule has 1 saturated heterocycles. The van der Waals surface area contributed by atoms with Gasteiger partial charge in [-0.15, -0.1) is 0 Å². The number of amides is 2. The van der Waals surface area contributed by atoms with E-state index in [0.29, 0.717) is 34.9 Å². The molecular weight excluding hydrogens is 368 g/mol. The van der Waals surface area contributed by atoms with Gasteiger partial charge in [-0.2, -0.15) is 0 Å². The highest BCUT2D eigenvalue weighted by Gasteiger charge is 2.23. The molecule has 0 radical (unpaired) electrons. The van der Waals surface area contributed by atoms with Crippen LogP contribution in [0.1, 0.15) is 39.1 Å². The fourth-order valence-electron chi connectivity index (χ4n) is 3.09. The zero-order valence-electron chi connectivity index (χ0n) is 14.6. The summed E-state index contributed by atoms with van der Waals surface area (Å²) in [7, 11) is 0. The van der Waals surface area contributed by atoms with Crippen molar-refractivity contribution in [2.75, 3.05) is 18.4 Å². The standard InChI is InChI=1S/C20H19ClN2O4/c21-15-6-7-17(16(12-15)19(25)23-8-1-2-9-23)22-18(24)11-13-4-3-5-14(10-13)20(26)27/h3-7,10,12H,1-2,8-9,11H2,(H,22,24)(H,26,27). The highest BCUT2D eigenvalue weighted by molar-refractivity contribution is 6.31. The molecule has 1 aliphatic rings. The van der Waals surface area contributed by atoms with E-state index in [4.69, 9.17) is 16.7 Å². The molecule has 0 bridgehead atoms. The first kappa shape index (κ1) is 18.9. The Balaban J connectivity index is 1.76. The van der Waals surface area contributed by atoms with E-state index in [-0.39, 0.29) is 23.8 Å². The van der Waals surface area contributed by atoms with Crippen molar-refractivity contribution < 1.29 is 19.5 Å². The molecule has 0 aliphatic carbocycles. The minimum Gasteiger partial charge on any atom is -0.478 e. The third kappa shape index (κ3) is 4.65. The van der Waals surface area contributed by atoms with Crippen molar-refractivity contribution in [1.29, 1.82) is 0 Å². The van der Waals surface area contributed by atoms with Crippen LogP contribution in [0.4, 0.5) is 5.69 Å². The second-order valence-corrected chi connectivity index (χ2v) is 6.86. The van der Waals surface area contributed by atoms with Gasteiger partial charge in [-0.1, -0.05) is 23.7 Å². The number of rotatable bonds is 5. The number of carbonyl (C=O) groups is 3. The van der Waals surface area contributed by atoms with Gasteiger partial charge in [0.05, 0.1) is 23.2 Å². The zero-order valence-corrected chi connectivity index (χ0v) is 15.3. The van der Waals surface area contributed by atoms with Gasteiger partial charge in [-0.25, -0.2) is 4.79 Å². The van der Waals surface area contributed by atoms with Crippen molar-refractivity contribution in [3.8, 4) is 0 Å². The largest absolute Gasteiger partial charge is 0.478 e. The van der Waals surface area contributed by atoms with Crippen LogP contribution >= 0.6 is 11.6 Å². The molecule has 3 rings (SSSR count). The minimum absolute atomic E-state index is 0.00108. The highest BCUT2D eigenvalue weighted by Crippen LogP contribution is 2.24. The van der Waals surface area contributed by atoms with Crippen molar-refractivity contribution in [2.45, 2.75) is 19.3 Å². The van der Waals surface area contributed by atoms with E-state index in [1.54, 1.807) is 35.2 Å². The maximum Gasteiger partial charge on any atom is 0.335 e. The van der Waals surface area contributed by atoms with E-state index in [2.05, 4.69) is 5.32 Å². The van der Waals surface area contributed by atoms with Gasteiger partial charge in [-0.05, 0) is 48.7 Å². The predicted octanol–water partition coefficient (Wildman–Crippen LogP) is 3.46. The smallest absolute Gasteiger partial charge is 0.335 e. The van der Waals surface area contributed by atoms with Crippen molar-refractivity contribution in [3.63, 3.8) is 0 Å². The van der Waals surface area contributed by atoms with Crippen LogP contribution in [0.5, 0.6) is 0 Å². The second kappa shape index (κ2) is 8.22. The molecule has 2 aromatic carbocycles. The van der Waals surface area contributed by atoms with E-state index in [1.807, 2.05) is 0 Å². The van der Waals surface area contributed by atoms with Gasteiger partial charge in [-0.3, -0.25) is 9.59 Å². The molecule has 1 fully saturated rings. The molecule has 0 atom stereocenters. The van der Waals surface area contributed by atoms with Gasteiger partial charge >= 0.3 is 5.97 Å². The number of aromatic carboxylic acids is 1. The third-order valence-corrected chi connectivity index (χ3v) is 4.65. The summed E-state index contributed by atoms with van der Waals surface area (Å²) in [6.45, 7) is 1.39. The first-order valence-electron chi connectivity index (χ1n) is 8.65. The SMILES string of the molecule is O=C(Cc1cccc(C(=O)O)c1)Nc1ccc(Cl)cc1C(=O)N1CCCC1. The van der Waals surface area contributed by atoms with Gasteiger partial charge in [0.1, 0.15) is 0 Å². The Kier molecular flexibility index (Phi) is 5.76. The van der Waals surface area contributed by atoms with E-state index in [9.17, 15) is 14.4 Å². The number of carboxylic acids is 1. The van der Waals surface area contributed by atoms with Crippen molar-refractivity contribution >= 4 is 35.1 Å². The lowest BCUT2D eigenvalue weighted by Crippen LogP contribution is -2.29. The lowest BCUT2D eigenvalue weighted by Gasteiger charge is -2.18. The monoisotopic (exact) mass is 386 g/mol. The average Bonchev–Trinajstić information content (AvgIpc) is 3.17. The summed E-state index contributed by atoms with van der Waals surface area (Å²) in [4.78, 5) is 38.0. The van der Waals surface area contributed by atoms with Crippen molar-refractivity contribution in [1.82, 2.24) is 4.90 Å². The number of nitrogens with one attached hydrogen (secondary N) is 1. The number of hydrogen-bond acceptors (Lipinski definition) is 3. The van der Waals surface area contributed by atoms with E-state index >= 15 is 0 Å². The molecule has 0 spiro atoms. The average molecular weight is 387 g/mol. The molecule has 2 aromatic rings. The van der Waals surface area contributed by atoms with Crippen LogP contribution in [0.2, 0.25) is 5.02 Å². The fourth-order valence-corrected chi connectivity index (χ4v) is 3.26. The highest BCUT2D eigenvalue weighted by atomic mass is 35.5. The van der Waals surface area contributed by atoms with E-state index in [0.717, 1.165) is 12.8 Å². The number of anilines is 1. The number of carboxylic acid groups (broad SMARTS) is 1. The Morgan fingerprint density at radius 2 is 1.81 bits per heavy atom. The summed E-state index contributed by atoms with van der Waals surface area (Å²) in [6, 6.07) is 11.0. The summed E-state index contributed by atoms with van der Waals surface area (Å²) in [6.07, 6.45) is 1.93. The molecule has 0 aromatic heterocycles. The molecule has 6 nitrogen and oxygen atoms in total. The normalized spacial score (nSPS) is 13.4.